The van der Waals surface area contributed by atoms with Gasteiger partial charge in [-0.05, 0) is 6.07 Å². The van der Waals surface area contributed by atoms with E-state index in [1.54, 1.807) is 18.0 Å². The molecule has 8 heteroatoms. The summed E-state index contributed by atoms with van der Waals surface area (Å²) in [5.74, 6) is 0.0580. The number of nitrogens with one attached hydrogen (secondary N) is 1. The molecule has 3 heterocycles. The Morgan fingerprint density at radius 1 is 1.46 bits per heavy atom. The number of hydrogen-bond donors (Lipinski definition) is 1. The van der Waals surface area contributed by atoms with Crippen molar-refractivity contribution in [3.8, 4) is 5.88 Å². The Labute approximate surface area is 145 Å². The lowest BCUT2D eigenvalue weighted by Crippen LogP contribution is -2.36. The molecule has 2 aliphatic heterocycles. The van der Waals surface area contributed by atoms with E-state index in [4.69, 9.17) is 21.1 Å². The van der Waals surface area contributed by atoms with Gasteiger partial charge in [0.1, 0.15) is 11.1 Å². The maximum Gasteiger partial charge on any atom is 0.253 e. The van der Waals surface area contributed by atoms with Crippen LogP contribution >= 0.6 is 11.6 Å². The molecule has 24 heavy (non-hydrogen) atoms. The highest BCUT2D eigenvalue weighted by Crippen LogP contribution is 2.25. The number of amides is 2. The maximum absolute atomic E-state index is 12.3. The normalized spacial score (nSPS) is 21.8. The number of halogens is 1. The number of likely N-dealkylation sites (tertiary alicyclic amines) is 1. The average Bonchev–Trinajstić information content (AvgIpc) is 2.88. The molecule has 1 unspecified atom stereocenters. The van der Waals surface area contributed by atoms with E-state index in [1.807, 2.05) is 0 Å². The molecule has 2 amide bonds. The van der Waals surface area contributed by atoms with Crippen LogP contribution in [0.5, 0.6) is 5.88 Å². The van der Waals surface area contributed by atoms with Crippen LogP contribution in [0.2, 0.25) is 5.02 Å². The van der Waals surface area contributed by atoms with Gasteiger partial charge < -0.3 is 19.7 Å². The number of carbonyl (C=O) groups excluding carboxylic acids is 2. The lowest BCUT2D eigenvalue weighted by atomic mass is 10.1. The van der Waals surface area contributed by atoms with Gasteiger partial charge in [-0.2, -0.15) is 0 Å². The van der Waals surface area contributed by atoms with Gasteiger partial charge in [-0.1, -0.05) is 11.6 Å². The number of nitrogens with zero attached hydrogens (tertiary/aromatic N) is 2. The molecule has 130 valence electrons. The zero-order chi connectivity index (χ0) is 17.1. The van der Waals surface area contributed by atoms with Crippen molar-refractivity contribution in [3.63, 3.8) is 0 Å². The third-order valence-corrected chi connectivity index (χ3v) is 4.46. The van der Waals surface area contributed by atoms with Gasteiger partial charge in [0.25, 0.3) is 5.91 Å². The van der Waals surface area contributed by atoms with Crippen molar-refractivity contribution in [2.24, 2.45) is 0 Å². The molecule has 0 spiro atoms. The summed E-state index contributed by atoms with van der Waals surface area (Å²) >= 11 is 6.19. The summed E-state index contributed by atoms with van der Waals surface area (Å²) < 4.78 is 11.1. The fourth-order valence-corrected chi connectivity index (χ4v) is 3.03. The van der Waals surface area contributed by atoms with E-state index < -0.39 is 0 Å². The van der Waals surface area contributed by atoms with Crippen LogP contribution in [0.1, 0.15) is 29.6 Å². The quantitative estimate of drug-likeness (QED) is 0.881. The molecule has 2 saturated heterocycles. The summed E-state index contributed by atoms with van der Waals surface area (Å²) in [6.07, 6.45) is 3.38. The van der Waals surface area contributed by atoms with Gasteiger partial charge in [-0.3, -0.25) is 9.59 Å². The lowest BCUT2D eigenvalue weighted by molar-refractivity contribution is -0.126. The fourth-order valence-electron chi connectivity index (χ4n) is 2.82. The first kappa shape index (κ1) is 17.0. The van der Waals surface area contributed by atoms with Gasteiger partial charge in [0, 0.05) is 39.1 Å². The molecule has 2 aliphatic rings. The Kier molecular flexibility index (Phi) is 5.20. The first-order chi connectivity index (χ1) is 11.5. The van der Waals surface area contributed by atoms with E-state index in [0.717, 1.165) is 12.8 Å². The van der Waals surface area contributed by atoms with E-state index >= 15 is 0 Å². The van der Waals surface area contributed by atoms with Crippen molar-refractivity contribution in [1.29, 1.82) is 0 Å². The summed E-state index contributed by atoms with van der Waals surface area (Å²) in [6, 6.07) is 1.35. The minimum Gasteiger partial charge on any atom is -0.473 e. The molecular formula is C16H20ClN3O4. The first-order valence-electron chi connectivity index (χ1n) is 7.97. The Morgan fingerprint density at radius 3 is 2.83 bits per heavy atom. The summed E-state index contributed by atoms with van der Waals surface area (Å²) in [6.45, 7) is 1.84. The third kappa shape index (κ3) is 3.96. The number of rotatable bonds is 4. The Balaban J connectivity index is 1.61. The van der Waals surface area contributed by atoms with Crippen molar-refractivity contribution < 1.29 is 19.1 Å². The van der Waals surface area contributed by atoms with Crippen LogP contribution in [-0.2, 0) is 9.53 Å². The van der Waals surface area contributed by atoms with Gasteiger partial charge >= 0.3 is 0 Å². The molecule has 0 aliphatic carbocycles. The molecule has 7 nitrogen and oxygen atoms in total. The van der Waals surface area contributed by atoms with Gasteiger partial charge in [0.2, 0.25) is 11.8 Å². The lowest BCUT2D eigenvalue weighted by Gasteiger charge is -2.23. The van der Waals surface area contributed by atoms with Gasteiger partial charge in [0.05, 0.1) is 24.8 Å². The van der Waals surface area contributed by atoms with Crippen LogP contribution in [0.25, 0.3) is 0 Å². The first-order valence-corrected chi connectivity index (χ1v) is 8.35. The van der Waals surface area contributed by atoms with E-state index in [-0.39, 0.29) is 24.0 Å². The number of pyridine rings is 1. The minimum atomic E-state index is -0.296. The molecule has 0 saturated carbocycles. The molecule has 2 fully saturated rings. The van der Waals surface area contributed by atoms with Crippen molar-refractivity contribution in [2.75, 3.05) is 26.8 Å². The average molecular weight is 354 g/mol. The molecular weight excluding hydrogens is 334 g/mol. The van der Waals surface area contributed by atoms with Gasteiger partial charge in [-0.15, -0.1) is 0 Å². The minimum absolute atomic E-state index is 0.0247. The van der Waals surface area contributed by atoms with E-state index in [9.17, 15) is 9.59 Å². The molecule has 1 atom stereocenters. The maximum atomic E-state index is 12.3. The summed E-state index contributed by atoms with van der Waals surface area (Å²) in [5, 5.41) is 3.13. The largest absolute Gasteiger partial charge is 0.473 e. The van der Waals surface area contributed by atoms with Crippen LogP contribution in [-0.4, -0.2) is 60.7 Å². The van der Waals surface area contributed by atoms with Crippen LogP contribution in [0.4, 0.5) is 0 Å². The standard InChI is InChI=1S/C16H20ClN3O4/c1-20-9-11(7-14(20)21)19-15(22)10-6-13(17)16(18-8-10)24-12-2-4-23-5-3-12/h6,8,11-12H,2-5,7,9H2,1H3,(H,19,22). The van der Waals surface area contributed by atoms with Crippen molar-refractivity contribution in [1.82, 2.24) is 15.2 Å². The Bertz CT molecular complexity index is 634. The predicted octanol–water partition coefficient (Wildman–Crippen LogP) is 1.25. The van der Waals surface area contributed by atoms with E-state index in [2.05, 4.69) is 10.3 Å². The zero-order valence-electron chi connectivity index (χ0n) is 13.5. The number of hydrogen-bond acceptors (Lipinski definition) is 5. The second-order valence-corrected chi connectivity index (χ2v) is 6.50. The van der Waals surface area contributed by atoms with E-state index in [1.165, 1.54) is 6.20 Å². The number of aromatic nitrogens is 1. The summed E-state index contributed by atoms with van der Waals surface area (Å²) in [7, 11) is 1.72. The predicted molar refractivity (Wildman–Crippen MR) is 87.2 cm³/mol. The van der Waals surface area contributed by atoms with Crippen molar-refractivity contribution in [2.45, 2.75) is 31.4 Å². The van der Waals surface area contributed by atoms with Crippen LogP contribution in [0.15, 0.2) is 12.3 Å². The zero-order valence-corrected chi connectivity index (χ0v) is 14.2. The smallest absolute Gasteiger partial charge is 0.253 e. The van der Waals surface area contributed by atoms with Crippen molar-refractivity contribution in [3.05, 3.63) is 22.8 Å². The van der Waals surface area contributed by atoms with Crippen LogP contribution < -0.4 is 10.1 Å². The molecule has 1 aromatic heterocycles. The highest BCUT2D eigenvalue weighted by Gasteiger charge is 2.28. The molecule has 0 aromatic carbocycles. The number of carbonyl (C=O) groups is 2. The van der Waals surface area contributed by atoms with Crippen LogP contribution in [0.3, 0.4) is 0 Å². The second kappa shape index (κ2) is 7.36. The van der Waals surface area contributed by atoms with Gasteiger partial charge in [0.15, 0.2) is 0 Å². The number of ether oxygens (including phenoxy) is 2. The van der Waals surface area contributed by atoms with Crippen LogP contribution in [0, 0.1) is 0 Å². The SMILES string of the molecule is CN1CC(NC(=O)c2cnc(OC3CCOCC3)c(Cl)c2)CC1=O. The highest BCUT2D eigenvalue weighted by atomic mass is 35.5. The summed E-state index contributed by atoms with van der Waals surface area (Å²) in [5.41, 5.74) is 0.348. The topological polar surface area (TPSA) is 80.8 Å². The fraction of sp³-hybridized carbons (Fsp3) is 0.562. The molecule has 0 bridgehead atoms. The van der Waals surface area contributed by atoms with Gasteiger partial charge in [-0.25, -0.2) is 4.98 Å². The highest BCUT2D eigenvalue weighted by molar-refractivity contribution is 6.32. The Morgan fingerprint density at radius 2 is 2.21 bits per heavy atom. The third-order valence-electron chi connectivity index (χ3n) is 4.19. The molecule has 1 N–H and O–H groups in total. The molecule has 1 aromatic rings. The summed E-state index contributed by atoms with van der Waals surface area (Å²) in [4.78, 5) is 29.5. The Hall–Kier alpha value is -1.86. The monoisotopic (exact) mass is 353 g/mol. The second-order valence-electron chi connectivity index (χ2n) is 6.09. The number of likely N-dealkylation sites (N-methyl/N-ethyl adjacent to an activating group) is 1. The van der Waals surface area contributed by atoms with E-state index in [0.29, 0.717) is 42.6 Å². The van der Waals surface area contributed by atoms with Crippen molar-refractivity contribution >= 4 is 23.4 Å². The molecule has 0 radical (unpaired) electrons. The molecule has 3 rings (SSSR count).